The number of methoxy groups -OCH3 is 3. The lowest BCUT2D eigenvalue weighted by molar-refractivity contribution is -0.121. The zero-order valence-corrected chi connectivity index (χ0v) is 20.8. The van der Waals surface area contributed by atoms with Crippen LogP contribution in [0.15, 0.2) is 53.1 Å². The first kappa shape index (κ1) is 25.4. The molecule has 2 unspecified atom stereocenters. The summed E-state index contributed by atoms with van der Waals surface area (Å²) in [6, 6.07) is 13.0. The average Bonchev–Trinajstić information content (AvgIpc) is 3.49. The lowest BCUT2D eigenvalue weighted by atomic mass is 9.78. The maximum absolute atomic E-state index is 12.9. The van der Waals surface area contributed by atoms with E-state index in [0.717, 1.165) is 28.0 Å². The number of furan rings is 1. The van der Waals surface area contributed by atoms with Gasteiger partial charge in [0, 0.05) is 6.42 Å². The van der Waals surface area contributed by atoms with Crippen molar-refractivity contribution in [1.29, 1.82) is 0 Å². The monoisotopic (exact) mass is 491 g/mol. The van der Waals surface area contributed by atoms with Gasteiger partial charge in [-0.25, -0.2) is 0 Å². The summed E-state index contributed by atoms with van der Waals surface area (Å²) in [5.41, 5.74) is 4.08. The van der Waals surface area contributed by atoms with Crippen LogP contribution >= 0.6 is 0 Å². The second-order valence-electron chi connectivity index (χ2n) is 8.72. The highest BCUT2D eigenvalue weighted by molar-refractivity contribution is 6.61. The molecule has 1 amide bonds. The molecule has 0 saturated carbocycles. The maximum atomic E-state index is 12.9. The molecule has 36 heavy (non-hydrogen) atoms. The normalized spacial score (nSPS) is 17.6. The van der Waals surface area contributed by atoms with Crippen LogP contribution in [-0.2, 0) is 11.3 Å². The lowest BCUT2D eigenvalue weighted by Gasteiger charge is -2.18. The number of allylic oxidation sites excluding steroid dienone is 1. The minimum atomic E-state index is -1.74. The van der Waals surface area contributed by atoms with Crippen LogP contribution in [0.3, 0.4) is 0 Å². The Morgan fingerprint density at radius 2 is 1.81 bits per heavy atom. The van der Waals surface area contributed by atoms with Gasteiger partial charge in [0.15, 0.2) is 0 Å². The molecule has 0 bridgehead atoms. The molecule has 4 rings (SSSR count). The van der Waals surface area contributed by atoms with Gasteiger partial charge in [0.2, 0.25) is 5.91 Å². The molecule has 1 aliphatic carbocycles. The smallest absolute Gasteiger partial charge is 0.496 e. The predicted molar refractivity (Wildman–Crippen MR) is 137 cm³/mol. The van der Waals surface area contributed by atoms with Gasteiger partial charge in [0.1, 0.15) is 23.0 Å². The van der Waals surface area contributed by atoms with Gasteiger partial charge >= 0.3 is 7.12 Å². The van der Waals surface area contributed by atoms with Crippen molar-refractivity contribution in [3.05, 3.63) is 71.2 Å². The molecular weight excluding hydrogens is 461 g/mol. The van der Waals surface area contributed by atoms with Crippen molar-refractivity contribution in [1.82, 2.24) is 5.32 Å². The van der Waals surface area contributed by atoms with Crippen molar-refractivity contribution < 1.29 is 33.5 Å². The Bertz CT molecular complexity index is 1230. The van der Waals surface area contributed by atoms with Crippen molar-refractivity contribution in [2.24, 2.45) is 5.92 Å². The molecule has 0 saturated heterocycles. The Morgan fingerprint density at radius 1 is 1.08 bits per heavy atom. The summed E-state index contributed by atoms with van der Waals surface area (Å²) in [7, 11) is 2.82. The predicted octanol–water partition coefficient (Wildman–Crippen LogP) is 2.97. The van der Waals surface area contributed by atoms with Crippen LogP contribution in [-0.4, -0.2) is 44.4 Å². The fraction of sp³-hybridized carbons (Fsp3) is 0.296. The van der Waals surface area contributed by atoms with Crippen LogP contribution < -0.4 is 25.0 Å². The molecule has 1 aliphatic rings. The summed E-state index contributed by atoms with van der Waals surface area (Å²) in [6.07, 6.45) is 3.91. The van der Waals surface area contributed by atoms with E-state index in [1.807, 2.05) is 30.3 Å². The van der Waals surface area contributed by atoms with E-state index in [-0.39, 0.29) is 23.2 Å². The number of benzene rings is 2. The summed E-state index contributed by atoms with van der Waals surface area (Å²) in [5.74, 6) is 1.96. The zero-order chi connectivity index (χ0) is 25.8. The van der Waals surface area contributed by atoms with Crippen LogP contribution in [0.1, 0.15) is 41.7 Å². The standard InChI is InChI=1S/C27H30BNO7/c1-16-21(10-17-11-24(34-3)27(28(31)32)25(12-17)35-4)20-8-7-18(33-2)13-23(20)22(16)14-26(30)29-15-19-6-5-9-36-19/h5-13,16,22,31-32H,14-15H2,1-4H3,(H,29,30). The minimum absolute atomic E-state index is 0.0292. The van der Waals surface area contributed by atoms with Gasteiger partial charge in [-0.15, -0.1) is 0 Å². The number of carbonyl (C=O) groups is 1. The topological polar surface area (TPSA) is 110 Å². The molecule has 2 aromatic carbocycles. The van der Waals surface area contributed by atoms with Gasteiger partial charge in [-0.1, -0.05) is 19.1 Å². The van der Waals surface area contributed by atoms with Crippen LogP contribution in [0.4, 0.5) is 0 Å². The molecule has 0 radical (unpaired) electrons. The Hall–Kier alpha value is -3.69. The highest BCUT2D eigenvalue weighted by Gasteiger charge is 2.35. The molecule has 1 heterocycles. The van der Waals surface area contributed by atoms with E-state index in [4.69, 9.17) is 18.6 Å². The summed E-state index contributed by atoms with van der Waals surface area (Å²) >= 11 is 0. The van der Waals surface area contributed by atoms with Gasteiger partial charge in [-0.05, 0) is 70.5 Å². The number of carbonyl (C=O) groups excluding carboxylic acids is 1. The van der Waals surface area contributed by atoms with Crippen LogP contribution in [0.5, 0.6) is 17.2 Å². The number of hydrogen-bond acceptors (Lipinski definition) is 7. The third-order valence-corrected chi connectivity index (χ3v) is 6.66. The number of amides is 1. The summed E-state index contributed by atoms with van der Waals surface area (Å²) < 4.78 is 21.6. The van der Waals surface area contributed by atoms with Crippen LogP contribution in [0.25, 0.3) is 11.6 Å². The van der Waals surface area contributed by atoms with Crippen LogP contribution in [0, 0.1) is 5.92 Å². The fourth-order valence-electron chi connectivity index (χ4n) is 4.81. The maximum Gasteiger partial charge on any atom is 0.496 e. The van der Waals surface area contributed by atoms with Crippen molar-refractivity contribution in [2.45, 2.75) is 25.8 Å². The Kier molecular flexibility index (Phi) is 7.71. The summed E-state index contributed by atoms with van der Waals surface area (Å²) in [5, 5.41) is 22.5. The summed E-state index contributed by atoms with van der Waals surface area (Å²) in [4.78, 5) is 12.9. The molecular formula is C27H30BNO7. The molecule has 0 aliphatic heterocycles. The number of fused-ring (bicyclic) bond motifs is 1. The van der Waals surface area contributed by atoms with Crippen LogP contribution in [0.2, 0.25) is 0 Å². The first-order chi connectivity index (χ1) is 17.4. The number of ether oxygens (including phenoxy) is 3. The highest BCUT2D eigenvalue weighted by Crippen LogP contribution is 2.49. The third kappa shape index (κ3) is 5.12. The van der Waals surface area contributed by atoms with Crippen molar-refractivity contribution in [2.75, 3.05) is 21.3 Å². The van der Waals surface area contributed by atoms with E-state index in [0.29, 0.717) is 30.2 Å². The van der Waals surface area contributed by atoms with E-state index in [2.05, 4.69) is 12.2 Å². The highest BCUT2D eigenvalue weighted by atomic mass is 16.5. The first-order valence-electron chi connectivity index (χ1n) is 11.7. The number of hydrogen-bond donors (Lipinski definition) is 3. The largest absolute Gasteiger partial charge is 0.497 e. The third-order valence-electron chi connectivity index (χ3n) is 6.66. The Morgan fingerprint density at radius 3 is 2.39 bits per heavy atom. The van der Waals surface area contributed by atoms with Gasteiger partial charge in [0.25, 0.3) is 0 Å². The van der Waals surface area contributed by atoms with E-state index in [1.165, 1.54) is 14.2 Å². The van der Waals surface area contributed by atoms with E-state index >= 15 is 0 Å². The summed E-state index contributed by atoms with van der Waals surface area (Å²) in [6.45, 7) is 2.44. The Balaban J connectivity index is 1.69. The van der Waals surface area contributed by atoms with Gasteiger partial charge in [-0.2, -0.15) is 0 Å². The number of rotatable bonds is 9. The van der Waals surface area contributed by atoms with Crippen molar-refractivity contribution in [3.8, 4) is 17.2 Å². The molecule has 8 nitrogen and oxygen atoms in total. The minimum Gasteiger partial charge on any atom is -0.497 e. The Labute approximate surface area is 210 Å². The molecule has 1 aromatic heterocycles. The molecule has 2 atom stereocenters. The molecule has 188 valence electrons. The van der Waals surface area contributed by atoms with Gasteiger partial charge in [0.05, 0.1) is 39.6 Å². The quantitative estimate of drug-likeness (QED) is 0.395. The van der Waals surface area contributed by atoms with Gasteiger partial charge in [-0.3, -0.25) is 4.79 Å². The second kappa shape index (κ2) is 10.9. The van der Waals surface area contributed by atoms with E-state index in [9.17, 15) is 14.8 Å². The molecule has 3 aromatic rings. The number of nitrogens with one attached hydrogen (secondary N) is 1. The molecule has 0 spiro atoms. The van der Waals surface area contributed by atoms with Gasteiger partial charge < -0.3 is 34.0 Å². The van der Waals surface area contributed by atoms with Crippen molar-refractivity contribution in [3.63, 3.8) is 0 Å². The SMILES string of the molecule is COc1ccc2c(c1)C(CC(=O)NCc1ccco1)C(C)C2=Cc1cc(OC)c(B(O)O)c(OC)c1. The molecule has 3 N–H and O–H groups in total. The molecule has 0 fully saturated rings. The van der Waals surface area contributed by atoms with Crippen molar-refractivity contribution >= 4 is 30.1 Å². The second-order valence-corrected chi connectivity index (χ2v) is 8.72. The van der Waals surface area contributed by atoms with E-state index in [1.54, 1.807) is 31.6 Å². The van der Waals surface area contributed by atoms with E-state index < -0.39 is 7.12 Å². The molecule has 9 heteroatoms. The lowest BCUT2D eigenvalue weighted by Crippen LogP contribution is -2.32. The zero-order valence-electron chi connectivity index (χ0n) is 20.8. The fourth-order valence-corrected chi connectivity index (χ4v) is 4.81. The average molecular weight is 491 g/mol. The first-order valence-corrected chi connectivity index (χ1v) is 11.7.